The molecule has 0 atom stereocenters. The maximum Gasteiger partial charge on any atom is 0.269 e. The highest BCUT2D eigenvalue weighted by molar-refractivity contribution is 6.33. The highest BCUT2D eigenvalue weighted by Gasteiger charge is 2.27. The normalized spacial score (nSPS) is 15.5. The number of hydrogen-bond donors (Lipinski definition) is 2. The lowest BCUT2D eigenvalue weighted by atomic mass is 9.93. The molecule has 2 heterocycles. The predicted octanol–water partition coefficient (Wildman–Crippen LogP) is 2.32. The second-order valence-corrected chi connectivity index (χ2v) is 6.17. The van der Waals surface area contributed by atoms with Crippen molar-refractivity contribution in [2.45, 2.75) is 18.8 Å². The van der Waals surface area contributed by atoms with Gasteiger partial charge in [-0.1, -0.05) is 11.6 Å². The van der Waals surface area contributed by atoms with Gasteiger partial charge in [-0.05, 0) is 37.1 Å². The van der Waals surface area contributed by atoms with E-state index >= 15 is 0 Å². The first-order chi connectivity index (χ1) is 11.5. The Labute approximate surface area is 142 Å². The van der Waals surface area contributed by atoms with Gasteiger partial charge in [-0.2, -0.15) is 5.10 Å². The number of H-pyrrole nitrogens is 1. The number of amides is 2. The molecule has 6 nitrogen and oxygen atoms in total. The van der Waals surface area contributed by atoms with Gasteiger partial charge in [-0.3, -0.25) is 14.7 Å². The van der Waals surface area contributed by atoms with Gasteiger partial charge in [-0.15, -0.1) is 0 Å². The maximum atomic E-state index is 13.1. The smallest absolute Gasteiger partial charge is 0.269 e. The Morgan fingerprint density at radius 2 is 2.00 bits per heavy atom. The maximum absolute atomic E-state index is 13.1. The van der Waals surface area contributed by atoms with E-state index in [4.69, 9.17) is 17.3 Å². The summed E-state index contributed by atoms with van der Waals surface area (Å²) < 4.78 is 13.1. The molecule has 0 unspecified atom stereocenters. The number of nitrogens with two attached hydrogens (primary N) is 1. The SMILES string of the molecule is NC(=O)c1cc(C2CCN(C(=O)c3ccc(F)cc3Cl)CC2)[nH]n1. The standard InChI is InChI=1S/C16H16ClFN4O2/c17-12-7-10(18)1-2-11(12)16(24)22-5-3-9(4-6-22)13-8-14(15(19)23)21-20-13/h1-2,7-9H,3-6H2,(H2,19,23)(H,20,21). The van der Waals surface area contributed by atoms with Crippen LogP contribution in [0.2, 0.25) is 5.02 Å². The summed E-state index contributed by atoms with van der Waals surface area (Å²) in [5, 5.41) is 6.82. The Morgan fingerprint density at radius 3 is 2.58 bits per heavy atom. The summed E-state index contributed by atoms with van der Waals surface area (Å²) in [5.74, 6) is -1.07. The summed E-state index contributed by atoms with van der Waals surface area (Å²) in [6.45, 7) is 1.09. The van der Waals surface area contributed by atoms with Crippen LogP contribution >= 0.6 is 11.6 Å². The number of piperidine rings is 1. The number of benzene rings is 1. The van der Waals surface area contributed by atoms with Gasteiger partial charge < -0.3 is 10.6 Å². The molecule has 1 aromatic heterocycles. The first-order valence-corrected chi connectivity index (χ1v) is 7.93. The van der Waals surface area contributed by atoms with Crippen LogP contribution in [0.4, 0.5) is 4.39 Å². The summed E-state index contributed by atoms with van der Waals surface area (Å²) in [4.78, 5) is 25.3. The lowest BCUT2D eigenvalue weighted by Crippen LogP contribution is -2.38. The fraction of sp³-hybridized carbons (Fsp3) is 0.312. The van der Waals surface area contributed by atoms with Crippen LogP contribution in [0.25, 0.3) is 0 Å². The minimum atomic E-state index is -0.573. The first-order valence-electron chi connectivity index (χ1n) is 7.55. The largest absolute Gasteiger partial charge is 0.364 e. The fourth-order valence-corrected chi connectivity index (χ4v) is 3.15. The van der Waals surface area contributed by atoms with E-state index in [-0.39, 0.29) is 22.5 Å². The second kappa shape index (κ2) is 6.60. The van der Waals surface area contributed by atoms with Gasteiger partial charge in [0, 0.05) is 24.7 Å². The van der Waals surface area contributed by atoms with Crippen molar-refractivity contribution in [3.63, 3.8) is 0 Å². The number of aromatic nitrogens is 2. The number of nitrogens with one attached hydrogen (secondary N) is 1. The zero-order valence-corrected chi connectivity index (χ0v) is 13.5. The fourth-order valence-electron chi connectivity index (χ4n) is 2.90. The third-order valence-electron chi connectivity index (χ3n) is 4.23. The molecule has 0 bridgehead atoms. The number of primary amides is 1. The zero-order chi connectivity index (χ0) is 17.3. The molecule has 8 heteroatoms. The summed E-state index contributed by atoms with van der Waals surface area (Å²) in [6.07, 6.45) is 1.45. The molecule has 1 fully saturated rings. The minimum absolute atomic E-state index is 0.113. The number of nitrogens with zero attached hydrogens (tertiary/aromatic N) is 2. The van der Waals surface area contributed by atoms with Crippen LogP contribution in [-0.4, -0.2) is 40.0 Å². The molecule has 0 spiro atoms. The summed E-state index contributed by atoms with van der Waals surface area (Å²) in [7, 11) is 0. The van der Waals surface area contributed by atoms with E-state index in [1.165, 1.54) is 12.1 Å². The number of carbonyl (C=O) groups excluding carboxylic acids is 2. The molecular weight excluding hydrogens is 335 g/mol. The molecule has 1 aromatic carbocycles. The molecule has 0 radical (unpaired) electrons. The lowest BCUT2D eigenvalue weighted by molar-refractivity contribution is 0.0712. The van der Waals surface area contributed by atoms with Crippen LogP contribution < -0.4 is 5.73 Å². The monoisotopic (exact) mass is 350 g/mol. The van der Waals surface area contributed by atoms with Crippen LogP contribution in [-0.2, 0) is 0 Å². The molecule has 0 aliphatic carbocycles. The summed E-state index contributed by atoms with van der Waals surface area (Å²) in [6, 6.07) is 5.42. The van der Waals surface area contributed by atoms with E-state index < -0.39 is 11.7 Å². The molecule has 24 heavy (non-hydrogen) atoms. The van der Waals surface area contributed by atoms with E-state index in [0.29, 0.717) is 18.7 Å². The van der Waals surface area contributed by atoms with Crippen molar-refractivity contribution in [1.82, 2.24) is 15.1 Å². The molecule has 1 aliphatic heterocycles. The van der Waals surface area contributed by atoms with Crippen molar-refractivity contribution in [2.24, 2.45) is 5.73 Å². The zero-order valence-electron chi connectivity index (χ0n) is 12.8. The van der Waals surface area contributed by atoms with Crippen molar-refractivity contribution in [2.75, 3.05) is 13.1 Å². The number of carbonyl (C=O) groups is 2. The first kappa shape index (κ1) is 16.4. The number of hydrogen-bond acceptors (Lipinski definition) is 3. The van der Waals surface area contributed by atoms with Gasteiger partial charge in [0.25, 0.3) is 11.8 Å². The van der Waals surface area contributed by atoms with E-state index in [1.807, 2.05) is 0 Å². The molecule has 1 aliphatic rings. The highest BCUT2D eigenvalue weighted by atomic mass is 35.5. The number of likely N-dealkylation sites (tertiary alicyclic amines) is 1. The van der Waals surface area contributed by atoms with Crippen LogP contribution in [0.3, 0.4) is 0 Å². The van der Waals surface area contributed by atoms with Gasteiger partial charge in [0.15, 0.2) is 0 Å². The number of halogens is 2. The summed E-state index contributed by atoms with van der Waals surface area (Å²) in [5.41, 5.74) is 6.55. The lowest BCUT2D eigenvalue weighted by Gasteiger charge is -2.31. The van der Waals surface area contributed by atoms with Gasteiger partial charge in [0.2, 0.25) is 0 Å². The minimum Gasteiger partial charge on any atom is -0.364 e. The van der Waals surface area contributed by atoms with Crippen molar-refractivity contribution in [1.29, 1.82) is 0 Å². The van der Waals surface area contributed by atoms with E-state index in [0.717, 1.165) is 24.6 Å². The molecule has 2 aromatic rings. The summed E-state index contributed by atoms with van der Waals surface area (Å²) >= 11 is 5.96. The van der Waals surface area contributed by atoms with Crippen LogP contribution in [0.5, 0.6) is 0 Å². The van der Waals surface area contributed by atoms with Gasteiger partial charge in [0.05, 0.1) is 10.6 Å². The number of aromatic amines is 1. The molecular formula is C16H16ClFN4O2. The van der Waals surface area contributed by atoms with Crippen LogP contribution in [0, 0.1) is 5.82 Å². The average molecular weight is 351 g/mol. The average Bonchev–Trinajstić information content (AvgIpc) is 3.05. The highest BCUT2D eigenvalue weighted by Crippen LogP contribution is 2.28. The Bertz CT molecular complexity index is 784. The number of rotatable bonds is 3. The van der Waals surface area contributed by atoms with Gasteiger partial charge >= 0.3 is 0 Å². The Balaban J connectivity index is 1.65. The molecule has 126 valence electrons. The van der Waals surface area contributed by atoms with Crippen LogP contribution in [0.1, 0.15) is 45.3 Å². The molecule has 1 saturated heterocycles. The molecule has 0 saturated carbocycles. The third kappa shape index (κ3) is 3.26. The second-order valence-electron chi connectivity index (χ2n) is 5.76. The van der Waals surface area contributed by atoms with Crippen molar-refractivity contribution < 1.29 is 14.0 Å². The topological polar surface area (TPSA) is 92.1 Å². The van der Waals surface area contributed by atoms with E-state index in [1.54, 1.807) is 11.0 Å². The van der Waals surface area contributed by atoms with Gasteiger partial charge in [0.1, 0.15) is 11.5 Å². The molecule has 3 rings (SSSR count). The predicted molar refractivity (Wildman–Crippen MR) is 86.4 cm³/mol. The van der Waals surface area contributed by atoms with E-state index in [9.17, 15) is 14.0 Å². The van der Waals surface area contributed by atoms with E-state index in [2.05, 4.69) is 10.2 Å². The molecule has 2 amide bonds. The molecule has 3 N–H and O–H groups in total. The third-order valence-corrected chi connectivity index (χ3v) is 4.55. The van der Waals surface area contributed by atoms with Crippen LogP contribution in [0.15, 0.2) is 24.3 Å². The van der Waals surface area contributed by atoms with Crippen molar-refractivity contribution in [3.05, 3.63) is 52.1 Å². The van der Waals surface area contributed by atoms with Crippen molar-refractivity contribution >= 4 is 23.4 Å². The quantitative estimate of drug-likeness (QED) is 0.889. The Hall–Kier alpha value is -2.41. The van der Waals surface area contributed by atoms with Crippen molar-refractivity contribution in [3.8, 4) is 0 Å². The van der Waals surface area contributed by atoms with Gasteiger partial charge in [-0.25, -0.2) is 4.39 Å². The Kier molecular flexibility index (Phi) is 4.53. The Morgan fingerprint density at radius 1 is 1.29 bits per heavy atom.